The van der Waals surface area contributed by atoms with Crippen LogP contribution >= 0.6 is 15.9 Å². The van der Waals surface area contributed by atoms with Crippen LogP contribution in [0.4, 0.5) is 0 Å². The maximum Gasteiger partial charge on any atom is 0.320 e. The molecule has 3 rings (SSSR count). The molecule has 0 N–H and O–H groups in total. The van der Waals surface area contributed by atoms with Gasteiger partial charge in [0.1, 0.15) is 11.2 Å². The predicted octanol–water partition coefficient (Wildman–Crippen LogP) is 5.13. The summed E-state index contributed by atoms with van der Waals surface area (Å²) >= 11 is 3.44. The van der Waals surface area contributed by atoms with E-state index >= 15 is 0 Å². The second-order valence-corrected chi connectivity index (χ2v) is 7.40. The molecule has 2 aromatic rings. The predicted molar refractivity (Wildman–Crippen MR) is 103 cm³/mol. The van der Waals surface area contributed by atoms with Crippen LogP contribution in [-0.2, 0) is 14.9 Å². The summed E-state index contributed by atoms with van der Waals surface area (Å²) in [6, 6.07) is 15.8. The molecule has 2 aromatic carbocycles. The lowest BCUT2D eigenvalue weighted by molar-refractivity contribution is -0.143. The van der Waals surface area contributed by atoms with Gasteiger partial charge in [-0.25, -0.2) is 0 Å². The fraction of sp³-hybridized carbons (Fsp3) is 0.286. The summed E-state index contributed by atoms with van der Waals surface area (Å²) < 4.78 is 11.7. The number of hydrogen-bond donors (Lipinski definition) is 0. The van der Waals surface area contributed by atoms with Gasteiger partial charge in [0, 0.05) is 4.47 Å². The van der Waals surface area contributed by atoms with Crippen LogP contribution < -0.4 is 4.74 Å². The fourth-order valence-corrected chi connectivity index (χ4v) is 3.31. The Morgan fingerprint density at radius 2 is 1.76 bits per heavy atom. The van der Waals surface area contributed by atoms with Crippen molar-refractivity contribution in [2.24, 2.45) is 0 Å². The van der Waals surface area contributed by atoms with Gasteiger partial charge < -0.3 is 9.47 Å². The molecule has 1 saturated carbocycles. The molecule has 3 nitrogen and oxygen atoms in total. The molecule has 25 heavy (non-hydrogen) atoms. The smallest absolute Gasteiger partial charge is 0.320 e. The first-order valence-corrected chi connectivity index (χ1v) is 9.07. The van der Waals surface area contributed by atoms with Crippen LogP contribution in [0.1, 0.15) is 31.4 Å². The Hall–Kier alpha value is -2.07. The molecule has 0 unspecified atom stereocenters. The van der Waals surface area contributed by atoms with E-state index < -0.39 is 5.41 Å². The lowest BCUT2D eigenvalue weighted by Gasteiger charge is -2.13. The standard InChI is InChI=1S/C21H21BrO3/c1-14(2)25-19-10-4-15(5-11-19)12-17-13-21(17,20(23)24-3)16-6-8-18(22)9-7-16/h4-12,14H,13H2,1-3H3/b17-12-/t21-/m0/s1. The first-order valence-electron chi connectivity index (χ1n) is 8.28. The molecule has 1 aliphatic carbocycles. The largest absolute Gasteiger partial charge is 0.491 e. The Morgan fingerprint density at radius 3 is 2.32 bits per heavy atom. The van der Waals surface area contributed by atoms with E-state index in [1.165, 1.54) is 7.11 Å². The van der Waals surface area contributed by atoms with E-state index in [-0.39, 0.29) is 12.1 Å². The van der Waals surface area contributed by atoms with Crippen LogP contribution in [-0.4, -0.2) is 19.2 Å². The summed E-state index contributed by atoms with van der Waals surface area (Å²) in [5.41, 5.74) is 2.43. The van der Waals surface area contributed by atoms with Crippen LogP contribution in [0.25, 0.3) is 6.08 Å². The zero-order chi connectivity index (χ0) is 18.0. The number of carbonyl (C=O) groups excluding carboxylic acids is 1. The maximum atomic E-state index is 12.5. The van der Waals surface area contributed by atoms with E-state index in [0.717, 1.165) is 26.9 Å². The summed E-state index contributed by atoms with van der Waals surface area (Å²) in [6.07, 6.45) is 2.90. The third-order valence-corrected chi connectivity index (χ3v) is 4.87. The minimum absolute atomic E-state index is 0.150. The van der Waals surface area contributed by atoms with Gasteiger partial charge in [0.2, 0.25) is 0 Å². The SMILES string of the molecule is COC(=O)[C@]1(c2ccc(Br)cc2)C/C1=C/c1ccc(OC(C)C)cc1. The molecule has 0 spiro atoms. The first kappa shape index (κ1) is 17.7. The molecule has 0 heterocycles. The van der Waals surface area contributed by atoms with Gasteiger partial charge in [-0.3, -0.25) is 4.79 Å². The minimum atomic E-state index is -0.650. The second kappa shape index (κ2) is 7.04. The highest BCUT2D eigenvalue weighted by molar-refractivity contribution is 9.10. The quantitative estimate of drug-likeness (QED) is 0.652. The number of halogens is 1. The maximum absolute atomic E-state index is 12.5. The Bertz CT molecular complexity index is 791. The van der Waals surface area contributed by atoms with Crippen molar-refractivity contribution in [1.82, 2.24) is 0 Å². The number of benzene rings is 2. The van der Waals surface area contributed by atoms with Gasteiger partial charge in [-0.05, 0) is 61.2 Å². The highest BCUT2D eigenvalue weighted by Crippen LogP contribution is 2.55. The molecule has 130 valence electrons. The molecule has 0 radical (unpaired) electrons. The molecule has 0 amide bonds. The van der Waals surface area contributed by atoms with Crippen molar-refractivity contribution in [1.29, 1.82) is 0 Å². The van der Waals surface area contributed by atoms with Crippen molar-refractivity contribution in [2.75, 3.05) is 7.11 Å². The monoisotopic (exact) mass is 400 g/mol. The number of hydrogen-bond acceptors (Lipinski definition) is 3. The van der Waals surface area contributed by atoms with Gasteiger partial charge in [-0.15, -0.1) is 0 Å². The molecule has 4 heteroatoms. The van der Waals surface area contributed by atoms with E-state index in [2.05, 4.69) is 22.0 Å². The molecule has 0 aliphatic heterocycles. The topological polar surface area (TPSA) is 35.5 Å². The molecule has 0 aromatic heterocycles. The Kier molecular flexibility index (Phi) is 5.00. The zero-order valence-corrected chi connectivity index (χ0v) is 16.2. The molecule has 1 atom stereocenters. The van der Waals surface area contributed by atoms with Crippen molar-refractivity contribution < 1.29 is 14.3 Å². The van der Waals surface area contributed by atoms with Crippen molar-refractivity contribution in [3.05, 3.63) is 69.7 Å². The van der Waals surface area contributed by atoms with Crippen molar-refractivity contribution in [2.45, 2.75) is 31.8 Å². The van der Waals surface area contributed by atoms with E-state index in [1.54, 1.807) is 0 Å². The zero-order valence-electron chi connectivity index (χ0n) is 14.6. The van der Waals surface area contributed by atoms with Gasteiger partial charge in [0.05, 0.1) is 13.2 Å². The molecule has 1 aliphatic rings. The van der Waals surface area contributed by atoms with Gasteiger partial charge >= 0.3 is 5.97 Å². The Morgan fingerprint density at radius 1 is 1.12 bits per heavy atom. The number of esters is 1. The Labute approximate surface area is 156 Å². The van der Waals surface area contributed by atoms with Gasteiger partial charge in [0.25, 0.3) is 0 Å². The molecule has 0 saturated heterocycles. The summed E-state index contributed by atoms with van der Waals surface area (Å²) in [7, 11) is 1.44. The number of methoxy groups -OCH3 is 1. The first-order chi connectivity index (χ1) is 12.0. The summed E-state index contributed by atoms with van der Waals surface area (Å²) in [5, 5.41) is 0. The number of carbonyl (C=O) groups is 1. The lowest BCUT2D eigenvalue weighted by atomic mass is 9.94. The second-order valence-electron chi connectivity index (χ2n) is 6.49. The third-order valence-electron chi connectivity index (χ3n) is 4.34. The van der Waals surface area contributed by atoms with Crippen LogP contribution in [0, 0.1) is 0 Å². The summed E-state index contributed by atoms with van der Waals surface area (Å²) in [5.74, 6) is 0.640. The molecular weight excluding hydrogens is 380 g/mol. The fourth-order valence-electron chi connectivity index (χ4n) is 3.05. The van der Waals surface area contributed by atoms with E-state index in [0.29, 0.717) is 6.42 Å². The van der Waals surface area contributed by atoms with E-state index in [1.807, 2.05) is 62.4 Å². The van der Waals surface area contributed by atoms with Crippen molar-refractivity contribution in [3.8, 4) is 5.75 Å². The third kappa shape index (κ3) is 3.64. The Balaban J connectivity index is 1.88. The number of rotatable bonds is 5. The summed E-state index contributed by atoms with van der Waals surface area (Å²) in [4.78, 5) is 12.5. The average Bonchev–Trinajstić information content (AvgIpc) is 3.31. The molecular formula is C21H21BrO3. The van der Waals surface area contributed by atoms with Crippen LogP contribution in [0.2, 0.25) is 0 Å². The average molecular weight is 401 g/mol. The highest BCUT2D eigenvalue weighted by atomic mass is 79.9. The van der Waals surface area contributed by atoms with Gasteiger partial charge in [-0.1, -0.05) is 46.3 Å². The van der Waals surface area contributed by atoms with Crippen molar-refractivity contribution in [3.63, 3.8) is 0 Å². The lowest BCUT2D eigenvalue weighted by Crippen LogP contribution is -2.22. The van der Waals surface area contributed by atoms with Crippen molar-refractivity contribution >= 4 is 28.0 Å². The number of ether oxygens (including phenoxy) is 2. The van der Waals surface area contributed by atoms with Gasteiger partial charge in [0.15, 0.2) is 0 Å². The highest BCUT2D eigenvalue weighted by Gasteiger charge is 2.57. The van der Waals surface area contributed by atoms with Gasteiger partial charge in [-0.2, -0.15) is 0 Å². The van der Waals surface area contributed by atoms with Crippen LogP contribution in [0.15, 0.2) is 58.6 Å². The van der Waals surface area contributed by atoms with E-state index in [9.17, 15) is 4.79 Å². The minimum Gasteiger partial charge on any atom is -0.491 e. The summed E-state index contributed by atoms with van der Waals surface area (Å²) in [6.45, 7) is 4.01. The molecule has 0 bridgehead atoms. The van der Waals surface area contributed by atoms with Crippen LogP contribution in [0.5, 0.6) is 5.75 Å². The van der Waals surface area contributed by atoms with E-state index in [4.69, 9.17) is 9.47 Å². The normalized spacial score (nSPS) is 20.6. The van der Waals surface area contributed by atoms with Crippen LogP contribution in [0.3, 0.4) is 0 Å². The molecule has 1 fully saturated rings.